The van der Waals surface area contributed by atoms with E-state index in [9.17, 15) is 0 Å². The van der Waals surface area contributed by atoms with Gasteiger partial charge in [0.15, 0.2) is 0 Å². The van der Waals surface area contributed by atoms with Crippen molar-refractivity contribution < 1.29 is 0 Å². The number of aryl methyl sites for hydroxylation is 2. The molecule has 5 rings (SSSR count). The van der Waals surface area contributed by atoms with Crippen LogP contribution >= 0.6 is 0 Å². The van der Waals surface area contributed by atoms with Crippen LogP contribution in [0.3, 0.4) is 0 Å². The Morgan fingerprint density at radius 3 is 1.25 bits per heavy atom. The first-order valence-corrected chi connectivity index (χ1v) is 11.1. The van der Waals surface area contributed by atoms with E-state index in [-0.39, 0.29) is 0 Å². The SMILES string of the molecule is Cc1cc(/C=C/c2ccc3ccccc3c2)c(C)cc1/C=C/c1ccc2ccccc2c1. The number of hydrogen-bond acceptors (Lipinski definition) is 0. The molecule has 5 aromatic carbocycles. The highest BCUT2D eigenvalue weighted by atomic mass is 14.1. The lowest BCUT2D eigenvalue weighted by molar-refractivity contribution is 1.36. The fourth-order valence-electron chi connectivity index (χ4n) is 4.21. The summed E-state index contributed by atoms with van der Waals surface area (Å²) < 4.78 is 0. The molecule has 0 radical (unpaired) electrons. The fraction of sp³-hybridized carbons (Fsp3) is 0.0625. The van der Waals surface area contributed by atoms with E-state index in [1.807, 2.05) is 0 Å². The zero-order valence-electron chi connectivity index (χ0n) is 18.5. The van der Waals surface area contributed by atoms with Gasteiger partial charge in [0.05, 0.1) is 0 Å². The first-order chi connectivity index (χ1) is 15.7. The molecule has 0 heterocycles. The van der Waals surface area contributed by atoms with Crippen LogP contribution in [0.2, 0.25) is 0 Å². The predicted octanol–water partition coefficient (Wildman–Crippen LogP) is 8.95. The third-order valence-electron chi connectivity index (χ3n) is 6.11. The highest BCUT2D eigenvalue weighted by Crippen LogP contribution is 2.23. The average molecular weight is 411 g/mol. The number of rotatable bonds is 4. The van der Waals surface area contributed by atoms with Crippen LogP contribution in [-0.4, -0.2) is 0 Å². The van der Waals surface area contributed by atoms with E-state index in [0.29, 0.717) is 0 Å². The van der Waals surface area contributed by atoms with Crippen LogP contribution < -0.4 is 0 Å². The molecule has 0 heteroatoms. The summed E-state index contributed by atoms with van der Waals surface area (Å²) in [4.78, 5) is 0. The van der Waals surface area contributed by atoms with E-state index >= 15 is 0 Å². The van der Waals surface area contributed by atoms with Gasteiger partial charge in [0.25, 0.3) is 0 Å². The van der Waals surface area contributed by atoms with Gasteiger partial charge in [-0.3, -0.25) is 0 Å². The van der Waals surface area contributed by atoms with Crippen LogP contribution in [0, 0.1) is 13.8 Å². The summed E-state index contributed by atoms with van der Waals surface area (Å²) in [5.74, 6) is 0. The molecule has 0 saturated carbocycles. The maximum Gasteiger partial charge on any atom is -0.0178 e. The molecule has 0 bridgehead atoms. The molecule has 0 aliphatic heterocycles. The maximum atomic E-state index is 2.28. The molecule has 0 saturated heterocycles. The van der Waals surface area contributed by atoms with Gasteiger partial charge in [-0.05, 0) is 80.9 Å². The largest absolute Gasteiger partial charge is 0.0616 e. The van der Waals surface area contributed by atoms with Crippen LogP contribution in [0.5, 0.6) is 0 Å². The highest BCUT2D eigenvalue weighted by molar-refractivity contribution is 5.87. The predicted molar refractivity (Wildman–Crippen MR) is 142 cm³/mol. The summed E-state index contributed by atoms with van der Waals surface area (Å²) in [6.45, 7) is 4.37. The summed E-state index contributed by atoms with van der Waals surface area (Å²) in [7, 11) is 0. The zero-order chi connectivity index (χ0) is 21.9. The Bertz CT molecular complexity index is 1370. The maximum absolute atomic E-state index is 2.28. The smallest absolute Gasteiger partial charge is 0.0178 e. The van der Waals surface area contributed by atoms with E-state index in [1.54, 1.807) is 0 Å². The Kier molecular flexibility index (Phi) is 5.44. The monoisotopic (exact) mass is 410 g/mol. The minimum Gasteiger partial charge on any atom is -0.0616 e. The van der Waals surface area contributed by atoms with Crippen LogP contribution in [0.4, 0.5) is 0 Å². The standard InChI is InChI=1S/C32H26/c1-23-19-30(18-14-26-12-16-28-8-4-6-10-32(28)22-26)24(2)20-29(23)17-13-25-11-15-27-7-3-5-9-31(27)21-25/h3-22H,1-2H3/b17-13+,18-14+. The van der Waals surface area contributed by atoms with Crippen molar-refractivity contribution in [3.63, 3.8) is 0 Å². The molecule has 0 unspecified atom stereocenters. The first-order valence-electron chi connectivity index (χ1n) is 11.1. The highest BCUT2D eigenvalue weighted by Gasteiger charge is 2.02. The lowest BCUT2D eigenvalue weighted by Crippen LogP contribution is -1.88. The Hall–Kier alpha value is -3.90. The number of benzene rings is 5. The molecule has 0 fully saturated rings. The molecule has 0 aliphatic rings. The van der Waals surface area contributed by atoms with Gasteiger partial charge in [0.2, 0.25) is 0 Å². The van der Waals surface area contributed by atoms with Crippen LogP contribution in [0.25, 0.3) is 45.8 Å². The molecule has 0 nitrogen and oxygen atoms in total. The topological polar surface area (TPSA) is 0 Å². The van der Waals surface area contributed by atoms with Crippen molar-refractivity contribution >= 4 is 45.8 Å². The number of hydrogen-bond donors (Lipinski definition) is 0. The van der Waals surface area contributed by atoms with Gasteiger partial charge < -0.3 is 0 Å². The van der Waals surface area contributed by atoms with Crippen molar-refractivity contribution in [1.82, 2.24) is 0 Å². The molecule has 0 atom stereocenters. The molecule has 5 aromatic rings. The molecule has 154 valence electrons. The van der Waals surface area contributed by atoms with Crippen LogP contribution in [0.1, 0.15) is 33.4 Å². The van der Waals surface area contributed by atoms with Gasteiger partial charge in [0, 0.05) is 0 Å². The molecule has 0 aromatic heterocycles. The minimum atomic E-state index is 1.22. The van der Waals surface area contributed by atoms with Crippen molar-refractivity contribution in [2.75, 3.05) is 0 Å². The molecular weight excluding hydrogens is 384 g/mol. The van der Waals surface area contributed by atoms with Crippen molar-refractivity contribution in [2.24, 2.45) is 0 Å². The second-order valence-electron chi connectivity index (χ2n) is 8.45. The Labute approximate surface area is 190 Å². The molecule has 0 N–H and O–H groups in total. The van der Waals surface area contributed by atoms with Crippen LogP contribution in [-0.2, 0) is 0 Å². The first kappa shape index (κ1) is 20.0. The molecule has 0 spiro atoms. The van der Waals surface area contributed by atoms with E-state index < -0.39 is 0 Å². The van der Waals surface area contributed by atoms with Gasteiger partial charge in [-0.25, -0.2) is 0 Å². The van der Waals surface area contributed by atoms with E-state index in [0.717, 1.165) is 0 Å². The minimum absolute atomic E-state index is 1.22. The third-order valence-corrected chi connectivity index (χ3v) is 6.11. The summed E-state index contributed by atoms with van der Waals surface area (Å²) in [6.07, 6.45) is 8.87. The van der Waals surface area contributed by atoms with Gasteiger partial charge in [-0.15, -0.1) is 0 Å². The van der Waals surface area contributed by atoms with Gasteiger partial charge in [-0.1, -0.05) is 109 Å². The van der Waals surface area contributed by atoms with Crippen molar-refractivity contribution in [3.05, 3.63) is 130 Å². The van der Waals surface area contributed by atoms with E-state index in [2.05, 4.69) is 135 Å². The fourth-order valence-corrected chi connectivity index (χ4v) is 4.21. The van der Waals surface area contributed by atoms with E-state index in [4.69, 9.17) is 0 Å². The summed E-state index contributed by atoms with van der Waals surface area (Å²) in [5, 5.41) is 5.10. The summed E-state index contributed by atoms with van der Waals surface area (Å²) in [5.41, 5.74) is 7.54. The normalized spacial score (nSPS) is 11.8. The summed E-state index contributed by atoms with van der Waals surface area (Å²) in [6, 6.07) is 34.8. The van der Waals surface area contributed by atoms with Crippen molar-refractivity contribution in [3.8, 4) is 0 Å². The van der Waals surface area contributed by atoms with Crippen molar-refractivity contribution in [2.45, 2.75) is 13.8 Å². The molecular formula is C32H26. The lowest BCUT2D eigenvalue weighted by atomic mass is 9.98. The Morgan fingerprint density at radius 2 is 0.812 bits per heavy atom. The van der Waals surface area contributed by atoms with E-state index in [1.165, 1.54) is 54.9 Å². The van der Waals surface area contributed by atoms with Gasteiger partial charge >= 0.3 is 0 Å². The quantitative estimate of drug-likeness (QED) is 0.259. The third kappa shape index (κ3) is 4.26. The van der Waals surface area contributed by atoms with Gasteiger partial charge in [-0.2, -0.15) is 0 Å². The molecule has 0 aliphatic carbocycles. The molecule has 32 heavy (non-hydrogen) atoms. The molecule has 0 amide bonds. The second kappa shape index (κ2) is 8.69. The Morgan fingerprint density at radius 1 is 0.406 bits per heavy atom. The number of fused-ring (bicyclic) bond motifs is 2. The Balaban J connectivity index is 1.39. The average Bonchev–Trinajstić information content (AvgIpc) is 2.83. The van der Waals surface area contributed by atoms with Crippen molar-refractivity contribution in [1.29, 1.82) is 0 Å². The summed E-state index contributed by atoms with van der Waals surface area (Å²) >= 11 is 0. The lowest BCUT2D eigenvalue weighted by Gasteiger charge is -2.08. The van der Waals surface area contributed by atoms with Gasteiger partial charge in [0.1, 0.15) is 0 Å². The second-order valence-corrected chi connectivity index (χ2v) is 8.45. The van der Waals surface area contributed by atoms with Crippen LogP contribution in [0.15, 0.2) is 97.1 Å². The zero-order valence-corrected chi connectivity index (χ0v) is 18.5.